The van der Waals surface area contributed by atoms with Crippen molar-refractivity contribution in [1.29, 1.82) is 0 Å². The van der Waals surface area contributed by atoms with Gasteiger partial charge in [-0.3, -0.25) is 0 Å². The van der Waals surface area contributed by atoms with Crippen molar-refractivity contribution >= 4 is 23.2 Å². The summed E-state index contributed by atoms with van der Waals surface area (Å²) in [6, 6.07) is 18.6. The summed E-state index contributed by atoms with van der Waals surface area (Å²) in [6.45, 7) is 0. The zero-order chi connectivity index (χ0) is 23.5. The highest BCUT2D eigenvalue weighted by molar-refractivity contribution is 6.32. The number of hydrogen-bond donors (Lipinski definition) is 2. The van der Waals surface area contributed by atoms with Crippen LogP contribution in [-0.4, -0.2) is 15.0 Å². The Morgan fingerprint density at radius 2 is 1.38 bits per heavy atom. The van der Waals surface area contributed by atoms with E-state index < -0.39 is 17.7 Å². The van der Waals surface area contributed by atoms with E-state index in [0.717, 1.165) is 11.6 Å². The lowest BCUT2D eigenvalue weighted by molar-refractivity contribution is -0.141. The summed E-state index contributed by atoms with van der Waals surface area (Å²) < 4.78 is 54.5. The molecule has 0 amide bonds. The average Bonchev–Trinajstić information content (AvgIpc) is 3.23. The van der Waals surface area contributed by atoms with Crippen molar-refractivity contribution < 1.29 is 22.8 Å². The van der Waals surface area contributed by atoms with Crippen LogP contribution in [-0.2, 0) is 6.18 Å². The van der Waals surface area contributed by atoms with Crippen LogP contribution in [0.4, 0.5) is 17.6 Å². The maximum Gasteiger partial charge on any atom is 0.435 e. The van der Waals surface area contributed by atoms with Gasteiger partial charge in [0.1, 0.15) is 5.82 Å². The summed E-state index contributed by atoms with van der Waals surface area (Å²) in [4.78, 5) is 0. The van der Waals surface area contributed by atoms with Crippen molar-refractivity contribution in [3.63, 3.8) is 0 Å². The van der Waals surface area contributed by atoms with Crippen LogP contribution in [0.25, 0.3) is 28.1 Å². The zero-order valence-corrected chi connectivity index (χ0v) is 17.6. The first-order valence-corrected chi connectivity index (χ1v) is 9.73. The van der Waals surface area contributed by atoms with Gasteiger partial charge in [-0.1, -0.05) is 65.7 Å². The van der Waals surface area contributed by atoms with Gasteiger partial charge in [0, 0.05) is 5.56 Å². The van der Waals surface area contributed by atoms with E-state index in [1.807, 2.05) is 0 Å². The second-order valence-corrected chi connectivity index (χ2v) is 7.30. The monoisotopic (exact) mass is 483 g/mol. The third kappa shape index (κ3) is 4.94. The molecule has 3 aromatic carbocycles. The van der Waals surface area contributed by atoms with E-state index in [0.29, 0.717) is 16.8 Å². The first-order chi connectivity index (χ1) is 15.2. The van der Waals surface area contributed by atoms with Gasteiger partial charge in [-0.15, -0.1) is 0 Å². The topological polar surface area (TPSA) is 64.1 Å². The minimum Gasteiger partial charge on any atom is -0.320 e. The van der Waals surface area contributed by atoms with Gasteiger partial charge in [0.2, 0.25) is 0 Å². The highest BCUT2D eigenvalue weighted by Gasteiger charge is 2.35. The fourth-order valence-corrected chi connectivity index (χ4v) is 3.44. The van der Waals surface area contributed by atoms with Gasteiger partial charge >= 0.3 is 6.18 Å². The average molecular weight is 484 g/mol. The Morgan fingerprint density at radius 3 is 1.97 bits per heavy atom. The van der Waals surface area contributed by atoms with E-state index in [-0.39, 0.29) is 15.7 Å². The van der Waals surface area contributed by atoms with Crippen LogP contribution in [0.2, 0.25) is 10.0 Å². The molecule has 4 rings (SSSR count). The first kappa shape index (κ1) is 23.7. The summed E-state index contributed by atoms with van der Waals surface area (Å²) >= 11 is 12.0. The minimum absolute atomic E-state index is 0.0109. The number of benzene rings is 3. The Morgan fingerprint density at radius 1 is 0.781 bits per heavy atom. The predicted molar refractivity (Wildman–Crippen MR) is 115 cm³/mol. The Labute approximate surface area is 190 Å². The van der Waals surface area contributed by atoms with E-state index in [1.165, 1.54) is 16.8 Å². The third-order valence-corrected chi connectivity index (χ3v) is 5.12. The maximum absolute atomic E-state index is 13.4. The highest BCUT2D eigenvalue weighted by Crippen LogP contribution is 2.35. The van der Waals surface area contributed by atoms with Crippen molar-refractivity contribution in [1.82, 2.24) is 9.78 Å². The molecule has 3 N–H and O–H groups in total. The van der Waals surface area contributed by atoms with Gasteiger partial charge in [-0.05, 0) is 41.5 Å². The number of para-hydroxylation sites is 1. The van der Waals surface area contributed by atoms with Crippen LogP contribution in [0, 0.1) is 5.82 Å². The van der Waals surface area contributed by atoms with E-state index in [2.05, 4.69) is 11.0 Å². The SMILES string of the molecule is Fc1ccc(-c2ccc(-c3cc(C(F)(F)F)nn3-c3ccccc3Cl)cc2)cc1Cl.NO. The van der Waals surface area contributed by atoms with Gasteiger partial charge in [0.05, 0.1) is 21.4 Å². The molecule has 0 unspecified atom stereocenters. The van der Waals surface area contributed by atoms with E-state index in [4.69, 9.17) is 28.4 Å². The van der Waals surface area contributed by atoms with Crippen molar-refractivity contribution in [3.8, 4) is 28.1 Å². The van der Waals surface area contributed by atoms with Crippen molar-refractivity contribution in [2.45, 2.75) is 6.18 Å². The van der Waals surface area contributed by atoms with Crippen LogP contribution in [0.15, 0.2) is 72.8 Å². The molecule has 166 valence electrons. The Balaban J connectivity index is 0.00000141. The number of halogens is 6. The molecular formula is C22H15Cl2F4N3O. The second kappa shape index (κ2) is 9.70. The highest BCUT2D eigenvalue weighted by atomic mass is 35.5. The molecule has 4 aromatic rings. The normalized spacial score (nSPS) is 11.1. The predicted octanol–water partition coefficient (Wildman–Crippen LogP) is 7.01. The molecule has 0 fully saturated rings. The van der Waals surface area contributed by atoms with Crippen LogP contribution >= 0.6 is 23.2 Å². The van der Waals surface area contributed by atoms with Crippen LogP contribution in [0.5, 0.6) is 0 Å². The molecule has 0 atom stereocenters. The van der Waals surface area contributed by atoms with Gasteiger partial charge in [-0.2, -0.15) is 18.3 Å². The maximum atomic E-state index is 13.4. The summed E-state index contributed by atoms with van der Waals surface area (Å²) in [5.41, 5.74) is 1.48. The second-order valence-electron chi connectivity index (χ2n) is 6.48. The minimum atomic E-state index is -4.61. The standard InChI is InChI=1S/C22H12Cl2F4N2.H3NO/c23-16-3-1-2-4-19(16)30-20(12-21(29-30)22(26,27)28)14-7-5-13(6-8-14)15-9-10-18(25)17(24)11-15;1-2/h1-12H;2H,1H2. The van der Waals surface area contributed by atoms with Gasteiger partial charge in [0.25, 0.3) is 0 Å². The molecule has 0 saturated heterocycles. The molecule has 10 heteroatoms. The molecule has 1 aromatic heterocycles. The number of hydrogen-bond acceptors (Lipinski definition) is 3. The van der Waals surface area contributed by atoms with Crippen molar-refractivity contribution in [2.75, 3.05) is 0 Å². The molecule has 0 aliphatic heterocycles. The Kier molecular flexibility index (Phi) is 7.20. The summed E-state index contributed by atoms with van der Waals surface area (Å²) in [5, 5.41) is 10.5. The van der Waals surface area contributed by atoms with Crippen molar-refractivity contribution in [2.24, 2.45) is 5.90 Å². The Hall–Kier alpha value is -2.91. The van der Waals surface area contributed by atoms with Crippen LogP contribution < -0.4 is 5.90 Å². The summed E-state index contributed by atoms with van der Waals surface area (Å²) in [7, 11) is 0. The van der Waals surface area contributed by atoms with E-state index in [9.17, 15) is 17.6 Å². The van der Waals surface area contributed by atoms with Gasteiger partial charge < -0.3 is 5.21 Å². The van der Waals surface area contributed by atoms with Crippen LogP contribution in [0.3, 0.4) is 0 Å². The molecule has 0 spiro atoms. The first-order valence-electron chi connectivity index (χ1n) is 8.98. The van der Waals surface area contributed by atoms with E-state index >= 15 is 0 Å². The molecule has 4 nitrogen and oxygen atoms in total. The largest absolute Gasteiger partial charge is 0.435 e. The zero-order valence-electron chi connectivity index (χ0n) is 16.1. The van der Waals surface area contributed by atoms with Gasteiger partial charge in [-0.25, -0.2) is 15.0 Å². The number of rotatable bonds is 3. The molecule has 0 bridgehead atoms. The van der Waals surface area contributed by atoms with Crippen LogP contribution in [0.1, 0.15) is 5.69 Å². The number of nitrogens with two attached hydrogens (primary N) is 1. The molecule has 0 radical (unpaired) electrons. The molecule has 32 heavy (non-hydrogen) atoms. The lowest BCUT2D eigenvalue weighted by Crippen LogP contribution is -2.07. The molecule has 0 saturated carbocycles. The number of nitrogens with zero attached hydrogens (tertiary/aromatic N) is 2. The number of aromatic nitrogens is 2. The number of alkyl halides is 3. The summed E-state index contributed by atoms with van der Waals surface area (Å²) in [6.07, 6.45) is -4.61. The lowest BCUT2D eigenvalue weighted by atomic mass is 10.0. The van der Waals surface area contributed by atoms with Crippen molar-refractivity contribution in [3.05, 3.63) is 94.4 Å². The summed E-state index contributed by atoms with van der Waals surface area (Å²) in [5.74, 6) is 2.97. The lowest BCUT2D eigenvalue weighted by Gasteiger charge is -2.10. The van der Waals surface area contributed by atoms with Gasteiger partial charge in [0.15, 0.2) is 5.69 Å². The molecule has 1 heterocycles. The fourth-order valence-electron chi connectivity index (χ4n) is 3.04. The smallest absolute Gasteiger partial charge is 0.320 e. The fraction of sp³-hybridized carbons (Fsp3) is 0.0455. The third-order valence-electron chi connectivity index (χ3n) is 4.51. The molecular weight excluding hydrogens is 469 g/mol. The molecule has 0 aliphatic rings. The Bertz CT molecular complexity index is 1220. The molecule has 0 aliphatic carbocycles. The quantitative estimate of drug-likeness (QED) is 0.243. The van der Waals surface area contributed by atoms with E-state index in [1.54, 1.807) is 54.6 Å².